The molecule has 118 valence electrons. The average molecular weight is 331 g/mol. The molecule has 0 saturated carbocycles. The molecule has 0 unspecified atom stereocenters. The first-order valence-corrected chi connectivity index (χ1v) is 7.54. The molecule has 0 aliphatic carbocycles. The fraction of sp³-hybridized carbons (Fsp3) is 0.214. The number of methoxy groups -OCH3 is 1. The van der Waals surface area contributed by atoms with Gasteiger partial charge in [-0.2, -0.15) is 0 Å². The summed E-state index contributed by atoms with van der Waals surface area (Å²) in [7, 11) is 1.30. The van der Waals surface area contributed by atoms with Gasteiger partial charge in [0.2, 0.25) is 5.91 Å². The van der Waals surface area contributed by atoms with Crippen LogP contribution in [0.15, 0.2) is 24.3 Å². The number of carbonyl (C=O) groups is 2. The predicted molar refractivity (Wildman–Crippen MR) is 84.3 cm³/mol. The molecule has 2 heterocycles. The van der Waals surface area contributed by atoms with Gasteiger partial charge in [-0.1, -0.05) is 28.7 Å². The first-order valence-electron chi connectivity index (χ1n) is 6.72. The van der Waals surface area contributed by atoms with Crippen LogP contribution in [-0.4, -0.2) is 39.0 Å². The molecule has 0 bridgehead atoms. The lowest BCUT2D eigenvalue weighted by molar-refractivity contribution is -0.116. The summed E-state index contributed by atoms with van der Waals surface area (Å²) in [6, 6.07) is 7.37. The number of rotatable bonds is 4. The molecule has 23 heavy (non-hydrogen) atoms. The van der Waals surface area contributed by atoms with Gasteiger partial charge in [-0.05, 0) is 19.1 Å². The molecule has 0 saturated heterocycles. The van der Waals surface area contributed by atoms with E-state index in [1.165, 1.54) is 11.8 Å². The molecule has 1 aromatic carbocycles. The summed E-state index contributed by atoms with van der Waals surface area (Å²) in [6.45, 7) is 1.69. The maximum atomic E-state index is 12.1. The number of aromatic nitrogens is 4. The largest absolute Gasteiger partial charge is 0.465 e. The third-order valence-electron chi connectivity index (χ3n) is 3.13. The second-order valence-electron chi connectivity index (χ2n) is 4.71. The van der Waals surface area contributed by atoms with E-state index in [2.05, 4.69) is 25.3 Å². The Morgan fingerprint density at radius 3 is 2.91 bits per heavy atom. The van der Waals surface area contributed by atoms with Crippen LogP contribution in [0.5, 0.6) is 0 Å². The van der Waals surface area contributed by atoms with Crippen molar-refractivity contribution in [2.45, 2.75) is 13.5 Å². The van der Waals surface area contributed by atoms with Gasteiger partial charge in [0.25, 0.3) is 0 Å². The summed E-state index contributed by atoms with van der Waals surface area (Å²) in [4.78, 5) is 28.2. The van der Waals surface area contributed by atoms with Crippen molar-refractivity contribution in [1.82, 2.24) is 20.0 Å². The van der Waals surface area contributed by atoms with Gasteiger partial charge in [-0.3, -0.25) is 4.79 Å². The number of esters is 1. The quantitative estimate of drug-likeness (QED) is 0.729. The van der Waals surface area contributed by atoms with Gasteiger partial charge in [0.15, 0.2) is 5.13 Å². The van der Waals surface area contributed by atoms with Crippen molar-refractivity contribution in [3.63, 3.8) is 0 Å². The maximum Gasteiger partial charge on any atom is 0.350 e. The third-order valence-corrected chi connectivity index (χ3v) is 4.18. The van der Waals surface area contributed by atoms with Gasteiger partial charge in [-0.25, -0.2) is 14.5 Å². The molecular weight excluding hydrogens is 318 g/mol. The van der Waals surface area contributed by atoms with Gasteiger partial charge in [0, 0.05) is 0 Å². The molecule has 8 nitrogen and oxygen atoms in total. The number of hydrogen-bond donors (Lipinski definition) is 1. The van der Waals surface area contributed by atoms with E-state index in [1.54, 1.807) is 6.92 Å². The Morgan fingerprint density at radius 2 is 2.13 bits per heavy atom. The molecule has 9 heteroatoms. The van der Waals surface area contributed by atoms with Crippen LogP contribution in [0, 0.1) is 6.92 Å². The van der Waals surface area contributed by atoms with Crippen LogP contribution in [0.4, 0.5) is 5.13 Å². The summed E-state index contributed by atoms with van der Waals surface area (Å²) in [5.74, 6) is -0.770. The lowest BCUT2D eigenvalue weighted by atomic mass is 10.3. The minimum absolute atomic E-state index is 0.00665. The SMILES string of the molecule is COC(=O)c1sc(NC(=O)Cn2nnc3ccccc32)nc1C. The average Bonchev–Trinajstić information content (AvgIpc) is 3.10. The molecule has 0 aliphatic rings. The van der Waals surface area contributed by atoms with Crippen LogP contribution >= 0.6 is 11.3 Å². The Hall–Kier alpha value is -2.81. The van der Waals surface area contributed by atoms with Gasteiger partial charge in [-0.15, -0.1) is 5.10 Å². The molecular formula is C14H13N5O3S. The number of aryl methyl sites for hydroxylation is 1. The Labute approximate surface area is 135 Å². The number of thiazole rings is 1. The number of fused-ring (bicyclic) bond motifs is 1. The van der Waals surface area contributed by atoms with Crippen LogP contribution in [0.25, 0.3) is 11.0 Å². The number of carbonyl (C=O) groups excluding carboxylic acids is 2. The number of nitrogens with zero attached hydrogens (tertiary/aromatic N) is 4. The monoisotopic (exact) mass is 331 g/mol. The molecule has 0 radical (unpaired) electrons. The highest BCUT2D eigenvalue weighted by Gasteiger charge is 2.17. The number of ether oxygens (including phenoxy) is 1. The minimum atomic E-state index is -0.470. The van der Waals surface area contributed by atoms with Gasteiger partial charge in [0.05, 0.1) is 18.3 Å². The number of nitrogens with one attached hydrogen (secondary N) is 1. The summed E-state index contributed by atoms with van der Waals surface area (Å²) in [6.07, 6.45) is 0. The van der Waals surface area contributed by atoms with Crippen molar-refractivity contribution in [3.8, 4) is 0 Å². The van der Waals surface area contributed by atoms with E-state index >= 15 is 0 Å². The fourth-order valence-corrected chi connectivity index (χ4v) is 2.96. The van der Waals surface area contributed by atoms with E-state index in [0.29, 0.717) is 15.7 Å². The minimum Gasteiger partial charge on any atom is -0.465 e. The van der Waals surface area contributed by atoms with E-state index in [1.807, 2.05) is 24.3 Å². The van der Waals surface area contributed by atoms with Crippen molar-refractivity contribution < 1.29 is 14.3 Å². The summed E-state index contributed by atoms with van der Waals surface area (Å²) in [5.41, 5.74) is 2.01. The number of anilines is 1. The normalized spacial score (nSPS) is 10.7. The second kappa shape index (κ2) is 6.13. The molecule has 0 fully saturated rings. The Morgan fingerprint density at radius 1 is 1.35 bits per heavy atom. The molecule has 0 atom stereocenters. The van der Waals surface area contributed by atoms with E-state index in [-0.39, 0.29) is 12.5 Å². The molecule has 1 amide bonds. The topological polar surface area (TPSA) is 99.0 Å². The maximum absolute atomic E-state index is 12.1. The van der Waals surface area contributed by atoms with Crippen LogP contribution in [0.2, 0.25) is 0 Å². The fourth-order valence-electron chi connectivity index (χ4n) is 2.06. The van der Waals surface area contributed by atoms with E-state index in [4.69, 9.17) is 0 Å². The van der Waals surface area contributed by atoms with Crippen molar-refractivity contribution in [3.05, 3.63) is 34.8 Å². The predicted octanol–water partition coefficient (Wildman–Crippen LogP) is 1.62. The Balaban J connectivity index is 1.74. The van der Waals surface area contributed by atoms with Crippen LogP contribution in [0.3, 0.4) is 0 Å². The van der Waals surface area contributed by atoms with Crippen molar-refractivity contribution in [2.75, 3.05) is 12.4 Å². The van der Waals surface area contributed by atoms with Crippen molar-refractivity contribution in [2.24, 2.45) is 0 Å². The highest BCUT2D eigenvalue weighted by molar-refractivity contribution is 7.17. The van der Waals surface area contributed by atoms with E-state index in [9.17, 15) is 9.59 Å². The number of amides is 1. The second-order valence-corrected chi connectivity index (χ2v) is 5.71. The molecule has 0 aliphatic heterocycles. The first kappa shape index (κ1) is 15.1. The molecule has 2 aromatic heterocycles. The smallest absolute Gasteiger partial charge is 0.350 e. The molecule has 3 aromatic rings. The van der Waals surface area contributed by atoms with Crippen LogP contribution in [-0.2, 0) is 16.1 Å². The van der Waals surface area contributed by atoms with Crippen LogP contribution in [0.1, 0.15) is 15.4 Å². The van der Waals surface area contributed by atoms with Gasteiger partial charge in [0.1, 0.15) is 16.9 Å². The zero-order valence-corrected chi connectivity index (χ0v) is 13.3. The summed E-state index contributed by atoms with van der Waals surface area (Å²) in [5, 5.41) is 10.9. The highest BCUT2D eigenvalue weighted by Crippen LogP contribution is 2.23. The Kier molecular flexibility index (Phi) is 4.02. The van der Waals surface area contributed by atoms with Crippen molar-refractivity contribution >= 4 is 39.4 Å². The van der Waals surface area contributed by atoms with Crippen molar-refractivity contribution in [1.29, 1.82) is 0 Å². The summed E-state index contributed by atoms with van der Waals surface area (Å²) < 4.78 is 6.17. The lowest BCUT2D eigenvalue weighted by Crippen LogP contribution is -2.19. The number of hydrogen-bond acceptors (Lipinski definition) is 7. The lowest BCUT2D eigenvalue weighted by Gasteiger charge is -2.02. The zero-order chi connectivity index (χ0) is 16.4. The highest BCUT2D eigenvalue weighted by atomic mass is 32.1. The number of para-hydroxylation sites is 1. The third kappa shape index (κ3) is 3.04. The standard InChI is InChI=1S/C14H13N5O3S/c1-8-12(13(21)22-2)23-14(15-8)16-11(20)7-19-10-6-4-3-5-9(10)17-18-19/h3-6H,7H2,1-2H3,(H,15,16,20). The Bertz CT molecular complexity index is 886. The molecule has 0 spiro atoms. The molecule has 1 N–H and O–H groups in total. The van der Waals surface area contributed by atoms with Crippen LogP contribution < -0.4 is 5.32 Å². The zero-order valence-electron chi connectivity index (χ0n) is 12.4. The summed E-state index contributed by atoms with van der Waals surface area (Å²) >= 11 is 1.07. The van der Waals surface area contributed by atoms with Gasteiger partial charge >= 0.3 is 5.97 Å². The van der Waals surface area contributed by atoms with Gasteiger partial charge < -0.3 is 10.1 Å². The first-order chi connectivity index (χ1) is 11.1. The van der Waals surface area contributed by atoms with E-state index in [0.717, 1.165) is 22.4 Å². The number of benzene rings is 1. The van der Waals surface area contributed by atoms with E-state index < -0.39 is 5.97 Å². The molecule has 3 rings (SSSR count).